The zero-order valence-corrected chi connectivity index (χ0v) is 19.3. The van der Waals surface area contributed by atoms with Gasteiger partial charge in [0.05, 0.1) is 17.0 Å². The molecule has 1 unspecified atom stereocenters. The van der Waals surface area contributed by atoms with Gasteiger partial charge in [-0.3, -0.25) is 9.59 Å². The highest BCUT2D eigenvalue weighted by atomic mass is 35.5. The van der Waals surface area contributed by atoms with Gasteiger partial charge in [-0.1, -0.05) is 35.3 Å². The molecule has 0 radical (unpaired) electrons. The predicted molar refractivity (Wildman–Crippen MR) is 119 cm³/mol. The molecule has 8 nitrogen and oxygen atoms in total. The number of benzene rings is 2. The van der Waals surface area contributed by atoms with Crippen molar-refractivity contribution in [2.75, 3.05) is 6.54 Å². The van der Waals surface area contributed by atoms with Gasteiger partial charge in [0.15, 0.2) is 5.78 Å². The molecule has 4 N–H and O–H groups in total. The van der Waals surface area contributed by atoms with Crippen molar-refractivity contribution in [1.82, 2.24) is 10.0 Å². The summed E-state index contributed by atoms with van der Waals surface area (Å²) in [5, 5.41) is 22.9. The highest BCUT2D eigenvalue weighted by molar-refractivity contribution is 7.89. The Balaban J connectivity index is 2.13. The minimum absolute atomic E-state index is 0.0753. The van der Waals surface area contributed by atoms with E-state index in [-0.39, 0.29) is 26.3 Å². The third-order valence-electron chi connectivity index (χ3n) is 5.56. The Bertz CT molecular complexity index is 1110. The topological polar surface area (TPSA) is 133 Å². The van der Waals surface area contributed by atoms with E-state index >= 15 is 0 Å². The van der Waals surface area contributed by atoms with Crippen molar-refractivity contribution in [3.8, 4) is 5.75 Å². The second-order valence-electron chi connectivity index (χ2n) is 7.77. The van der Waals surface area contributed by atoms with E-state index in [1.54, 1.807) is 0 Å². The number of nitrogens with one attached hydrogen (secondary N) is 2. The molecule has 0 spiro atoms. The lowest BCUT2D eigenvalue weighted by molar-refractivity contribution is -0.156. The molecule has 172 valence electrons. The molecule has 3 rings (SSSR count). The quantitative estimate of drug-likeness (QED) is 0.409. The number of carbonyl (C=O) groups excluding carboxylic acids is 1. The molecule has 1 saturated heterocycles. The van der Waals surface area contributed by atoms with E-state index in [0.29, 0.717) is 19.4 Å². The summed E-state index contributed by atoms with van der Waals surface area (Å²) >= 11 is 11.9. The Morgan fingerprint density at radius 1 is 1.16 bits per heavy atom. The molecule has 11 heteroatoms. The molecule has 1 aliphatic heterocycles. The summed E-state index contributed by atoms with van der Waals surface area (Å²) in [5.41, 5.74) is -1.97. The van der Waals surface area contributed by atoms with Gasteiger partial charge in [-0.15, -0.1) is 0 Å². The lowest BCUT2D eigenvalue weighted by Crippen LogP contribution is -2.54. The van der Waals surface area contributed by atoms with Crippen LogP contribution in [0.15, 0.2) is 47.4 Å². The molecule has 0 aromatic heterocycles. The number of hydrogen-bond donors (Lipinski definition) is 4. The number of Topliss-reactive ketones (excluding diaryl/α,β-unsaturated/α-hetero) is 1. The summed E-state index contributed by atoms with van der Waals surface area (Å²) in [4.78, 5) is 25.5. The first-order valence-electron chi connectivity index (χ1n) is 9.73. The van der Waals surface area contributed by atoms with Crippen LogP contribution < -0.4 is 10.0 Å². The SMILES string of the molecule is C[C@@](C(=O)O)(C(=O)C1CCCN1)[C@H](NS(=O)(=O)c1cc(Cl)cc(Cl)c1)c1ccc(O)cc1. The zero-order valence-electron chi connectivity index (χ0n) is 17.0. The summed E-state index contributed by atoms with van der Waals surface area (Å²) < 4.78 is 28.8. The fraction of sp³-hybridized carbons (Fsp3) is 0.333. The van der Waals surface area contributed by atoms with Crippen molar-refractivity contribution >= 4 is 45.0 Å². The predicted octanol–water partition coefficient (Wildman–Crippen LogP) is 3.13. The molecule has 0 amide bonds. The van der Waals surface area contributed by atoms with Gasteiger partial charge in [-0.25, -0.2) is 13.1 Å². The lowest BCUT2D eigenvalue weighted by Gasteiger charge is -2.35. The summed E-state index contributed by atoms with van der Waals surface area (Å²) in [7, 11) is -4.35. The van der Waals surface area contributed by atoms with Gasteiger partial charge in [-0.2, -0.15) is 0 Å². The molecule has 1 aliphatic rings. The third-order valence-corrected chi connectivity index (χ3v) is 7.39. The van der Waals surface area contributed by atoms with Crippen molar-refractivity contribution in [3.63, 3.8) is 0 Å². The third kappa shape index (κ3) is 4.92. The largest absolute Gasteiger partial charge is 0.508 e. The second-order valence-corrected chi connectivity index (χ2v) is 10.4. The van der Waals surface area contributed by atoms with Gasteiger partial charge in [-0.05, 0) is 62.2 Å². The standard InChI is InChI=1S/C21H22Cl2N2O6S/c1-21(20(28)29,19(27)17-3-2-8-24-17)18(12-4-6-15(26)7-5-12)25-32(30,31)16-10-13(22)9-14(23)11-16/h4-7,9-11,17-18,24-26H,2-3,8H2,1H3,(H,28,29)/t17?,18-,21+/m1/s1. The summed E-state index contributed by atoms with van der Waals surface area (Å²) in [6.45, 7) is 1.76. The summed E-state index contributed by atoms with van der Waals surface area (Å²) in [6.07, 6.45) is 1.14. The monoisotopic (exact) mass is 500 g/mol. The van der Waals surface area contributed by atoms with Crippen LogP contribution in [0.2, 0.25) is 10.0 Å². The minimum Gasteiger partial charge on any atom is -0.508 e. The van der Waals surface area contributed by atoms with Crippen LogP contribution in [0.5, 0.6) is 5.75 Å². The molecule has 1 fully saturated rings. The minimum atomic E-state index is -4.35. The van der Waals surface area contributed by atoms with Gasteiger partial charge in [0.2, 0.25) is 10.0 Å². The van der Waals surface area contributed by atoms with Gasteiger partial charge >= 0.3 is 5.97 Å². The maximum atomic E-state index is 13.4. The average Bonchev–Trinajstić information content (AvgIpc) is 3.25. The van der Waals surface area contributed by atoms with Gasteiger partial charge in [0.1, 0.15) is 11.2 Å². The number of phenolic OH excluding ortho intramolecular Hbond substituents is 1. The van der Waals surface area contributed by atoms with Crippen LogP contribution in [0.25, 0.3) is 0 Å². The van der Waals surface area contributed by atoms with Crippen molar-refractivity contribution in [2.24, 2.45) is 5.41 Å². The highest BCUT2D eigenvalue weighted by Gasteiger charge is 2.52. The molecule has 3 atom stereocenters. The molecular formula is C21H22Cl2N2O6S. The number of hydrogen-bond acceptors (Lipinski definition) is 6. The number of aromatic hydroxyl groups is 1. The molecular weight excluding hydrogens is 479 g/mol. The first-order valence-corrected chi connectivity index (χ1v) is 12.0. The van der Waals surface area contributed by atoms with E-state index in [2.05, 4.69) is 10.0 Å². The van der Waals surface area contributed by atoms with E-state index in [0.717, 1.165) is 0 Å². The van der Waals surface area contributed by atoms with Crippen molar-refractivity contribution in [2.45, 2.75) is 36.7 Å². The van der Waals surface area contributed by atoms with Crippen molar-refractivity contribution < 1.29 is 28.2 Å². The first kappa shape index (κ1) is 24.5. The van der Waals surface area contributed by atoms with E-state index in [1.165, 1.54) is 49.4 Å². The average molecular weight is 501 g/mol. The highest BCUT2D eigenvalue weighted by Crippen LogP contribution is 2.39. The van der Waals surface area contributed by atoms with Crippen LogP contribution in [0.1, 0.15) is 31.4 Å². The zero-order chi connectivity index (χ0) is 23.7. The van der Waals surface area contributed by atoms with Gasteiger partial charge in [0.25, 0.3) is 0 Å². The Kier molecular flexibility index (Phi) is 7.16. The number of aliphatic carboxylic acids is 1. The molecule has 0 saturated carbocycles. The van der Waals surface area contributed by atoms with Crippen LogP contribution >= 0.6 is 23.2 Å². The smallest absolute Gasteiger partial charge is 0.318 e. The summed E-state index contributed by atoms with van der Waals surface area (Å²) in [5.74, 6) is -2.23. The number of carboxylic acids is 1. The van der Waals surface area contributed by atoms with Crippen LogP contribution in [0.3, 0.4) is 0 Å². The van der Waals surface area contributed by atoms with E-state index in [9.17, 15) is 28.2 Å². The molecule has 0 bridgehead atoms. The Labute approximate surface area is 195 Å². The van der Waals surface area contributed by atoms with Crippen molar-refractivity contribution in [1.29, 1.82) is 0 Å². The van der Waals surface area contributed by atoms with Gasteiger partial charge in [0, 0.05) is 10.0 Å². The van der Waals surface area contributed by atoms with E-state index < -0.39 is 39.3 Å². The number of ketones is 1. The molecule has 2 aromatic rings. The van der Waals surface area contributed by atoms with E-state index in [1.807, 2.05) is 0 Å². The maximum Gasteiger partial charge on any atom is 0.318 e. The lowest BCUT2D eigenvalue weighted by atomic mass is 9.73. The molecule has 32 heavy (non-hydrogen) atoms. The van der Waals surface area contributed by atoms with Crippen molar-refractivity contribution in [3.05, 3.63) is 58.1 Å². The Morgan fingerprint density at radius 3 is 2.25 bits per heavy atom. The number of rotatable bonds is 8. The molecule has 0 aliphatic carbocycles. The number of phenols is 1. The van der Waals surface area contributed by atoms with Crippen LogP contribution in [0.4, 0.5) is 0 Å². The maximum absolute atomic E-state index is 13.4. The fourth-order valence-corrected chi connectivity index (χ4v) is 5.77. The van der Waals surface area contributed by atoms with Gasteiger partial charge < -0.3 is 15.5 Å². The van der Waals surface area contributed by atoms with Crippen LogP contribution in [-0.4, -0.2) is 43.0 Å². The second kappa shape index (κ2) is 9.36. The molecule has 1 heterocycles. The van der Waals surface area contributed by atoms with Crippen LogP contribution in [0, 0.1) is 5.41 Å². The fourth-order valence-electron chi connectivity index (χ4n) is 3.73. The van der Waals surface area contributed by atoms with E-state index in [4.69, 9.17) is 23.2 Å². The number of halogens is 2. The normalized spacial score (nSPS) is 19.3. The first-order chi connectivity index (χ1) is 14.9. The molecule has 2 aromatic carbocycles. The number of sulfonamides is 1. The summed E-state index contributed by atoms with van der Waals surface area (Å²) in [6, 6.07) is 6.79. The number of carbonyl (C=O) groups is 2. The Hall–Kier alpha value is -2.17. The number of carboxylic acid groups (broad SMARTS) is 1. The van der Waals surface area contributed by atoms with Crippen LogP contribution in [-0.2, 0) is 19.6 Å². The Morgan fingerprint density at radius 2 is 1.75 bits per heavy atom.